The molecular formula is C21H18ClN5O4S. The van der Waals surface area contributed by atoms with Crippen LogP contribution in [0.5, 0.6) is 0 Å². The van der Waals surface area contributed by atoms with Gasteiger partial charge in [0.2, 0.25) is 0 Å². The number of aromatic amines is 2. The summed E-state index contributed by atoms with van der Waals surface area (Å²) in [7, 11) is 1.29. The summed E-state index contributed by atoms with van der Waals surface area (Å²) in [5.41, 5.74) is 2.40. The fourth-order valence-corrected chi connectivity index (χ4v) is 4.32. The molecule has 32 heavy (non-hydrogen) atoms. The monoisotopic (exact) mass is 471 g/mol. The van der Waals surface area contributed by atoms with Crippen molar-refractivity contribution in [2.24, 2.45) is 0 Å². The maximum Gasteiger partial charge on any atom is 0.339 e. The van der Waals surface area contributed by atoms with Crippen LogP contribution in [0.2, 0.25) is 5.02 Å². The fourth-order valence-electron chi connectivity index (χ4n) is 3.41. The smallest absolute Gasteiger partial charge is 0.339 e. The van der Waals surface area contributed by atoms with Crippen LogP contribution in [0.25, 0.3) is 16.7 Å². The molecule has 0 atom stereocenters. The zero-order valence-corrected chi connectivity index (χ0v) is 18.9. The maximum absolute atomic E-state index is 12.8. The number of carbonyl (C=O) groups excluding carboxylic acids is 2. The van der Waals surface area contributed by atoms with Crippen molar-refractivity contribution in [3.63, 3.8) is 0 Å². The van der Waals surface area contributed by atoms with Gasteiger partial charge in [-0.3, -0.25) is 9.59 Å². The summed E-state index contributed by atoms with van der Waals surface area (Å²) in [5.74, 6) is -0.744. The number of Topliss-reactive ketones (excluding diaryl/α,β-unsaturated/α-hetero) is 1. The van der Waals surface area contributed by atoms with E-state index in [2.05, 4.69) is 20.1 Å². The van der Waals surface area contributed by atoms with Crippen LogP contribution in [-0.4, -0.2) is 49.3 Å². The number of carbonyl (C=O) groups is 2. The number of H-pyrrole nitrogens is 2. The Kier molecular flexibility index (Phi) is 5.90. The third kappa shape index (κ3) is 3.94. The van der Waals surface area contributed by atoms with Crippen LogP contribution in [0.4, 0.5) is 0 Å². The minimum atomic E-state index is -0.506. The van der Waals surface area contributed by atoms with Gasteiger partial charge in [0.15, 0.2) is 16.6 Å². The topological polar surface area (TPSA) is 123 Å². The van der Waals surface area contributed by atoms with E-state index >= 15 is 0 Å². The number of hydrogen-bond donors (Lipinski definition) is 2. The Morgan fingerprint density at radius 1 is 1.25 bits per heavy atom. The first-order valence-electron chi connectivity index (χ1n) is 9.47. The van der Waals surface area contributed by atoms with Gasteiger partial charge in [0.1, 0.15) is 5.39 Å². The van der Waals surface area contributed by atoms with Crippen LogP contribution in [0.15, 0.2) is 40.4 Å². The maximum atomic E-state index is 12.8. The first-order chi connectivity index (χ1) is 15.3. The quantitative estimate of drug-likeness (QED) is 0.191. The van der Waals surface area contributed by atoms with Crippen molar-refractivity contribution >= 4 is 46.1 Å². The number of esters is 1. The van der Waals surface area contributed by atoms with Crippen molar-refractivity contribution in [2.75, 3.05) is 12.9 Å². The Bertz CT molecular complexity index is 1420. The molecule has 4 aromatic rings. The molecule has 0 radical (unpaired) electrons. The summed E-state index contributed by atoms with van der Waals surface area (Å²) in [6, 6.07) is 7.02. The second kappa shape index (κ2) is 8.64. The van der Waals surface area contributed by atoms with Gasteiger partial charge in [0, 0.05) is 10.7 Å². The van der Waals surface area contributed by atoms with E-state index in [1.54, 1.807) is 38.1 Å². The minimum absolute atomic E-state index is 0.00115. The predicted octanol–water partition coefficient (Wildman–Crippen LogP) is 3.47. The molecule has 0 saturated heterocycles. The van der Waals surface area contributed by atoms with Gasteiger partial charge in [0.05, 0.1) is 36.0 Å². The molecule has 0 unspecified atom stereocenters. The standard InChI is InChI=1S/C21H18ClN5O4S/c1-10-16(20(30)31-3)11(2)24-17(10)15(28)9-32-21-25-18-14(19(29)26-21)8-23-27(18)13-6-4-5-12(22)7-13/h4-8,24H,9H2,1-3H3,(H,25,26,29). The molecule has 0 spiro atoms. The number of nitrogens with zero attached hydrogens (tertiary/aromatic N) is 3. The second-order valence-corrected chi connectivity index (χ2v) is 8.37. The van der Waals surface area contributed by atoms with Crippen LogP contribution in [0.1, 0.15) is 32.1 Å². The van der Waals surface area contributed by atoms with Crippen molar-refractivity contribution in [2.45, 2.75) is 19.0 Å². The molecule has 0 fully saturated rings. The minimum Gasteiger partial charge on any atom is -0.465 e. The number of ether oxygens (including phenoxy) is 1. The number of fused-ring (bicyclic) bond motifs is 1. The van der Waals surface area contributed by atoms with Crippen LogP contribution >= 0.6 is 23.4 Å². The van der Waals surface area contributed by atoms with E-state index in [0.29, 0.717) is 44.3 Å². The molecule has 4 rings (SSSR count). The van der Waals surface area contributed by atoms with Gasteiger partial charge in [0.25, 0.3) is 5.56 Å². The number of rotatable bonds is 6. The van der Waals surface area contributed by atoms with Gasteiger partial charge < -0.3 is 14.7 Å². The fraction of sp³-hybridized carbons (Fsp3) is 0.190. The SMILES string of the molecule is COC(=O)c1c(C)[nH]c(C(=O)CSc2nc3c(cnn3-c3cccc(Cl)c3)c(=O)[nH]2)c1C. The molecule has 0 aliphatic heterocycles. The van der Waals surface area contributed by atoms with Crippen LogP contribution in [-0.2, 0) is 4.74 Å². The number of ketones is 1. The summed E-state index contributed by atoms with van der Waals surface area (Å²) in [5, 5.41) is 5.37. The van der Waals surface area contributed by atoms with Gasteiger partial charge in [-0.2, -0.15) is 5.10 Å². The highest BCUT2D eigenvalue weighted by Gasteiger charge is 2.23. The average Bonchev–Trinajstić information content (AvgIpc) is 3.32. The molecule has 0 bridgehead atoms. The van der Waals surface area contributed by atoms with E-state index in [4.69, 9.17) is 16.3 Å². The van der Waals surface area contributed by atoms with Gasteiger partial charge in [-0.15, -0.1) is 0 Å². The van der Waals surface area contributed by atoms with E-state index in [1.807, 2.05) is 0 Å². The zero-order chi connectivity index (χ0) is 23.0. The highest BCUT2D eigenvalue weighted by atomic mass is 35.5. The molecule has 1 aromatic carbocycles. The number of benzene rings is 1. The average molecular weight is 472 g/mol. The number of thioether (sulfide) groups is 1. The number of hydrogen-bond acceptors (Lipinski definition) is 7. The van der Waals surface area contributed by atoms with Crippen molar-refractivity contribution in [1.82, 2.24) is 24.7 Å². The molecule has 11 heteroatoms. The third-order valence-electron chi connectivity index (χ3n) is 4.91. The van der Waals surface area contributed by atoms with E-state index in [1.165, 1.54) is 18.0 Å². The Morgan fingerprint density at radius 3 is 2.75 bits per heavy atom. The van der Waals surface area contributed by atoms with Crippen molar-refractivity contribution in [3.05, 3.63) is 68.4 Å². The molecule has 2 N–H and O–H groups in total. The number of aromatic nitrogens is 5. The lowest BCUT2D eigenvalue weighted by molar-refractivity contribution is 0.0599. The Hall–Kier alpha value is -3.37. The normalized spacial score (nSPS) is 11.1. The van der Waals surface area contributed by atoms with Gasteiger partial charge in [-0.05, 0) is 37.6 Å². The third-order valence-corrected chi connectivity index (χ3v) is 6.02. The number of nitrogens with one attached hydrogen (secondary N) is 2. The largest absolute Gasteiger partial charge is 0.465 e. The van der Waals surface area contributed by atoms with E-state index in [-0.39, 0.29) is 22.3 Å². The van der Waals surface area contributed by atoms with E-state index in [0.717, 1.165) is 11.8 Å². The summed E-state index contributed by atoms with van der Waals surface area (Å²) in [6.07, 6.45) is 1.43. The molecule has 0 saturated carbocycles. The molecule has 3 aromatic heterocycles. The van der Waals surface area contributed by atoms with Crippen molar-refractivity contribution < 1.29 is 14.3 Å². The Balaban J connectivity index is 1.62. The van der Waals surface area contributed by atoms with Crippen molar-refractivity contribution in [1.29, 1.82) is 0 Å². The molecular weight excluding hydrogens is 454 g/mol. The first-order valence-corrected chi connectivity index (χ1v) is 10.8. The van der Waals surface area contributed by atoms with Gasteiger partial charge in [-0.1, -0.05) is 29.4 Å². The highest BCUT2D eigenvalue weighted by Crippen LogP contribution is 2.23. The lowest BCUT2D eigenvalue weighted by atomic mass is 10.1. The molecule has 0 amide bonds. The van der Waals surface area contributed by atoms with E-state index < -0.39 is 5.97 Å². The zero-order valence-electron chi connectivity index (χ0n) is 17.4. The Morgan fingerprint density at radius 2 is 2.03 bits per heavy atom. The van der Waals surface area contributed by atoms with Crippen LogP contribution in [0, 0.1) is 13.8 Å². The van der Waals surface area contributed by atoms with Crippen molar-refractivity contribution in [3.8, 4) is 5.69 Å². The van der Waals surface area contributed by atoms with Crippen LogP contribution < -0.4 is 5.56 Å². The van der Waals surface area contributed by atoms with Gasteiger partial charge >= 0.3 is 5.97 Å². The summed E-state index contributed by atoms with van der Waals surface area (Å²) >= 11 is 7.15. The molecule has 3 heterocycles. The second-order valence-electron chi connectivity index (χ2n) is 6.97. The van der Waals surface area contributed by atoms with Crippen LogP contribution in [0.3, 0.4) is 0 Å². The highest BCUT2D eigenvalue weighted by molar-refractivity contribution is 7.99. The van der Waals surface area contributed by atoms with E-state index in [9.17, 15) is 14.4 Å². The number of aryl methyl sites for hydroxylation is 1. The first kappa shape index (κ1) is 21.8. The summed E-state index contributed by atoms with van der Waals surface area (Å²) in [4.78, 5) is 47.3. The molecule has 0 aliphatic rings. The lowest BCUT2D eigenvalue weighted by Gasteiger charge is -2.05. The number of methoxy groups -OCH3 is 1. The predicted molar refractivity (Wildman–Crippen MR) is 121 cm³/mol. The molecule has 9 nitrogen and oxygen atoms in total. The molecule has 0 aliphatic carbocycles. The summed E-state index contributed by atoms with van der Waals surface area (Å²) in [6.45, 7) is 3.39. The lowest BCUT2D eigenvalue weighted by Crippen LogP contribution is -2.12. The molecule has 164 valence electrons. The van der Waals surface area contributed by atoms with Gasteiger partial charge in [-0.25, -0.2) is 14.5 Å². The Labute approximate surface area is 191 Å². The summed E-state index contributed by atoms with van der Waals surface area (Å²) < 4.78 is 6.30. The number of halogens is 1.